The van der Waals surface area contributed by atoms with Crippen molar-refractivity contribution in [1.82, 2.24) is 10.2 Å². The number of anilines is 1. The van der Waals surface area contributed by atoms with E-state index in [2.05, 4.69) is 10.2 Å². The monoisotopic (exact) mass is 323 g/mol. The van der Waals surface area contributed by atoms with Crippen LogP contribution in [0, 0.1) is 23.2 Å². The van der Waals surface area contributed by atoms with E-state index in [0.717, 1.165) is 41.4 Å². The summed E-state index contributed by atoms with van der Waals surface area (Å²) in [7, 11) is 0. The molecule has 5 rings (SSSR count). The van der Waals surface area contributed by atoms with Crippen LogP contribution in [0.5, 0.6) is 0 Å². The van der Waals surface area contributed by atoms with Crippen LogP contribution < -0.4 is 5.73 Å². The molecule has 6 heteroatoms. The smallest absolute Gasteiger partial charge is 0.203 e. The summed E-state index contributed by atoms with van der Waals surface area (Å²) < 4.78 is 0.818. The van der Waals surface area contributed by atoms with Crippen molar-refractivity contribution in [3.05, 3.63) is 0 Å². The maximum Gasteiger partial charge on any atom is 0.203 e. The molecule has 0 amide bonds. The number of hydrogen-bond acceptors (Lipinski definition) is 6. The lowest BCUT2D eigenvalue weighted by molar-refractivity contribution is -0.142. The van der Waals surface area contributed by atoms with Gasteiger partial charge in [-0.15, -0.1) is 10.2 Å². The number of nitrogens with zero attached hydrogens (tertiary/aromatic N) is 2. The molecule has 1 heterocycles. The number of nitrogens with two attached hydrogens (primary N) is 1. The van der Waals surface area contributed by atoms with Crippen molar-refractivity contribution in [2.24, 2.45) is 23.2 Å². The Morgan fingerprint density at radius 3 is 2.29 bits per heavy atom. The highest BCUT2D eigenvalue weighted by molar-refractivity contribution is 8.02. The summed E-state index contributed by atoms with van der Waals surface area (Å²) >= 11 is 2.91. The lowest BCUT2D eigenvalue weighted by Crippen LogP contribution is -2.51. The second-order valence-electron chi connectivity index (χ2n) is 7.23. The van der Waals surface area contributed by atoms with Gasteiger partial charge in [0.15, 0.2) is 10.1 Å². The first-order chi connectivity index (χ1) is 10.0. The molecule has 4 bridgehead atoms. The first-order valence-corrected chi connectivity index (χ1v) is 9.54. The van der Waals surface area contributed by atoms with E-state index in [1.807, 2.05) is 6.92 Å². The third kappa shape index (κ3) is 2.40. The summed E-state index contributed by atoms with van der Waals surface area (Å²) in [6.07, 6.45) is 7.55. The molecule has 4 fully saturated rings. The summed E-state index contributed by atoms with van der Waals surface area (Å²) in [5.74, 6) is 2.90. The van der Waals surface area contributed by atoms with Crippen molar-refractivity contribution < 1.29 is 4.79 Å². The maximum absolute atomic E-state index is 13.1. The average molecular weight is 323 g/mol. The molecule has 0 saturated heterocycles. The second kappa shape index (κ2) is 4.95. The van der Waals surface area contributed by atoms with Crippen molar-refractivity contribution in [2.45, 2.75) is 55.0 Å². The van der Waals surface area contributed by atoms with E-state index in [1.165, 1.54) is 42.4 Å². The Hall–Kier alpha value is -0.620. The Kier molecular flexibility index (Phi) is 3.30. The van der Waals surface area contributed by atoms with Crippen molar-refractivity contribution in [3.63, 3.8) is 0 Å². The second-order valence-corrected chi connectivity index (χ2v) is 9.83. The van der Waals surface area contributed by atoms with Gasteiger partial charge in [0.25, 0.3) is 0 Å². The third-order valence-electron chi connectivity index (χ3n) is 5.63. The van der Waals surface area contributed by atoms with Gasteiger partial charge in [-0.2, -0.15) is 0 Å². The van der Waals surface area contributed by atoms with E-state index in [0.29, 0.717) is 10.9 Å². The highest BCUT2D eigenvalue weighted by atomic mass is 32.2. The van der Waals surface area contributed by atoms with Crippen LogP contribution >= 0.6 is 23.1 Å². The fraction of sp³-hybridized carbons (Fsp3) is 0.800. The Labute approximate surface area is 133 Å². The van der Waals surface area contributed by atoms with Gasteiger partial charge in [-0.25, -0.2) is 0 Å². The van der Waals surface area contributed by atoms with Gasteiger partial charge in [0.05, 0.1) is 5.25 Å². The molecule has 0 aromatic carbocycles. The minimum absolute atomic E-state index is 0.0165. The van der Waals surface area contributed by atoms with Gasteiger partial charge in [0.2, 0.25) is 5.13 Å². The van der Waals surface area contributed by atoms with Crippen molar-refractivity contribution in [1.29, 1.82) is 0 Å². The number of rotatable bonds is 4. The van der Waals surface area contributed by atoms with Gasteiger partial charge < -0.3 is 5.73 Å². The van der Waals surface area contributed by atoms with E-state index in [-0.39, 0.29) is 10.7 Å². The molecule has 0 spiro atoms. The normalized spacial score (nSPS) is 38.6. The minimum atomic E-state index is -0.0337. The van der Waals surface area contributed by atoms with Crippen LogP contribution in [0.25, 0.3) is 0 Å². The topological polar surface area (TPSA) is 68.9 Å². The van der Waals surface area contributed by atoms with Gasteiger partial charge in [0.1, 0.15) is 0 Å². The number of carbonyl (C=O) groups excluding carboxylic acids is 1. The molecule has 0 radical (unpaired) electrons. The number of aromatic nitrogens is 2. The SMILES string of the molecule is C[C@@H](Sc1nnc(N)s1)C(=O)C12CC3CC(CC(C3)C1)C2. The number of Topliss-reactive ketones (excluding diaryl/α,β-unsaturated/α-hetero) is 1. The molecule has 21 heavy (non-hydrogen) atoms. The van der Waals surface area contributed by atoms with Crippen LogP contribution in [0.2, 0.25) is 0 Å². The molecule has 1 aromatic heterocycles. The van der Waals surface area contributed by atoms with Crippen molar-refractivity contribution >= 4 is 34.0 Å². The van der Waals surface area contributed by atoms with Gasteiger partial charge in [-0.3, -0.25) is 4.79 Å². The molecule has 4 aliphatic carbocycles. The van der Waals surface area contributed by atoms with Crippen LogP contribution in [0.15, 0.2) is 4.34 Å². The fourth-order valence-corrected chi connectivity index (χ4v) is 7.29. The Bertz CT molecular complexity index is 536. The number of ketones is 1. The highest BCUT2D eigenvalue weighted by Crippen LogP contribution is 2.61. The molecule has 4 aliphatic rings. The first-order valence-electron chi connectivity index (χ1n) is 7.84. The van der Waals surface area contributed by atoms with Crippen LogP contribution in [-0.2, 0) is 4.79 Å². The fourth-order valence-electron chi connectivity index (χ4n) is 5.32. The number of thioether (sulfide) groups is 1. The predicted octanol–water partition coefficient (Wildman–Crippen LogP) is 3.39. The van der Waals surface area contributed by atoms with Gasteiger partial charge in [-0.05, 0) is 63.2 Å². The van der Waals surface area contributed by atoms with E-state index < -0.39 is 0 Å². The zero-order valence-corrected chi connectivity index (χ0v) is 13.9. The van der Waals surface area contributed by atoms with Crippen LogP contribution in [-0.4, -0.2) is 21.2 Å². The standard InChI is InChI=1S/C15H21N3OS2/c1-8(20-14-18-17-13(16)21-14)12(19)15-5-9-2-10(6-15)4-11(3-9)7-15/h8-11H,2-7H2,1H3,(H2,16,17)/t8-,9?,10?,11?,15?/m1/s1. The summed E-state index contributed by atoms with van der Waals surface area (Å²) in [6.45, 7) is 2.03. The average Bonchev–Trinajstić information content (AvgIpc) is 2.81. The molecule has 0 aliphatic heterocycles. The van der Waals surface area contributed by atoms with Crippen LogP contribution in [0.3, 0.4) is 0 Å². The highest BCUT2D eigenvalue weighted by Gasteiger charge is 2.55. The molecule has 1 aromatic rings. The van der Waals surface area contributed by atoms with Crippen LogP contribution in [0.4, 0.5) is 5.13 Å². The molecular formula is C15H21N3OS2. The first kappa shape index (κ1) is 14.0. The lowest BCUT2D eigenvalue weighted by atomic mass is 9.48. The molecule has 114 valence electrons. The molecule has 0 unspecified atom stereocenters. The van der Waals surface area contributed by atoms with E-state index in [4.69, 9.17) is 5.73 Å². The Morgan fingerprint density at radius 2 is 1.81 bits per heavy atom. The lowest BCUT2D eigenvalue weighted by Gasteiger charge is -2.56. The van der Waals surface area contributed by atoms with Crippen molar-refractivity contribution in [3.8, 4) is 0 Å². The summed E-state index contributed by atoms with van der Waals surface area (Å²) in [4.78, 5) is 13.1. The molecular weight excluding hydrogens is 302 g/mol. The van der Waals surface area contributed by atoms with E-state index in [9.17, 15) is 4.79 Å². The van der Waals surface area contributed by atoms with Crippen LogP contribution in [0.1, 0.15) is 45.4 Å². The maximum atomic E-state index is 13.1. The number of carbonyl (C=O) groups is 1. The van der Waals surface area contributed by atoms with E-state index >= 15 is 0 Å². The Morgan fingerprint density at radius 1 is 1.24 bits per heavy atom. The minimum Gasteiger partial charge on any atom is -0.374 e. The third-order valence-corrected chi connectivity index (χ3v) is 7.57. The quantitative estimate of drug-likeness (QED) is 0.860. The largest absolute Gasteiger partial charge is 0.374 e. The summed E-state index contributed by atoms with van der Waals surface area (Å²) in [6, 6.07) is 0. The van der Waals surface area contributed by atoms with E-state index in [1.54, 1.807) is 0 Å². The van der Waals surface area contributed by atoms with Gasteiger partial charge >= 0.3 is 0 Å². The number of nitrogen functional groups attached to an aromatic ring is 1. The predicted molar refractivity (Wildman–Crippen MR) is 85.3 cm³/mol. The Balaban J connectivity index is 1.51. The van der Waals surface area contributed by atoms with Crippen molar-refractivity contribution in [2.75, 3.05) is 5.73 Å². The van der Waals surface area contributed by atoms with Gasteiger partial charge in [0, 0.05) is 5.41 Å². The summed E-state index contributed by atoms with van der Waals surface area (Å²) in [5, 5.41) is 8.32. The molecule has 2 N–H and O–H groups in total. The summed E-state index contributed by atoms with van der Waals surface area (Å²) in [5.41, 5.74) is 5.61. The molecule has 1 atom stereocenters. The molecule has 4 nitrogen and oxygen atoms in total. The zero-order chi connectivity index (χ0) is 14.6. The number of hydrogen-bond donors (Lipinski definition) is 1. The zero-order valence-electron chi connectivity index (χ0n) is 12.2. The van der Waals surface area contributed by atoms with Gasteiger partial charge in [-0.1, -0.05) is 23.1 Å². The molecule has 4 saturated carbocycles.